The van der Waals surface area contributed by atoms with E-state index in [-0.39, 0.29) is 0 Å². The number of pyridine rings is 1. The van der Waals surface area contributed by atoms with E-state index < -0.39 is 0 Å². The predicted molar refractivity (Wildman–Crippen MR) is 87.6 cm³/mol. The summed E-state index contributed by atoms with van der Waals surface area (Å²) in [5.41, 5.74) is 9.00. The lowest BCUT2D eigenvalue weighted by molar-refractivity contribution is 0.307. The van der Waals surface area contributed by atoms with Crippen LogP contribution in [0, 0.1) is 0 Å². The zero-order valence-electron chi connectivity index (χ0n) is 12.7. The molecule has 21 heavy (non-hydrogen) atoms. The molecule has 0 aliphatic heterocycles. The molecule has 4 nitrogen and oxygen atoms in total. The van der Waals surface area contributed by atoms with Gasteiger partial charge in [-0.25, -0.2) is 0 Å². The zero-order chi connectivity index (χ0) is 15.1. The number of nitrogens with two attached hydrogens (primary N) is 1. The fourth-order valence-electron chi connectivity index (χ4n) is 1.95. The number of anilines is 2. The molecule has 1 aromatic heterocycles. The van der Waals surface area contributed by atoms with Crippen LogP contribution >= 0.6 is 0 Å². The van der Waals surface area contributed by atoms with Crippen molar-refractivity contribution in [3.63, 3.8) is 0 Å². The van der Waals surface area contributed by atoms with Crippen LogP contribution in [0.25, 0.3) is 0 Å². The van der Waals surface area contributed by atoms with Gasteiger partial charge in [0.25, 0.3) is 0 Å². The van der Waals surface area contributed by atoms with Crippen LogP contribution in [0.4, 0.5) is 11.5 Å². The van der Waals surface area contributed by atoms with Crippen molar-refractivity contribution in [2.45, 2.75) is 33.2 Å². The van der Waals surface area contributed by atoms with E-state index in [0.29, 0.717) is 18.2 Å². The highest BCUT2D eigenvalue weighted by Gasteiger charge is 2.04. The molecule has 3 N–H and O–H groups in total. The quantitative estimate of drug-likeness (QED) is 0.815. The molecule has 0 fully saturated rings. The van der Waals surface area contributed by atoms with Gasteiger partial charge in [-0.1, -0.05) is 38.1 Å². The summed E-state index contributed by atoms with van der Waals surface area (Å²) >= 11 is 0. The number of nitrogen functional groups attached to an aromatic ring is 1. The summed E-state index contributed by atoms with van der Waals surface area (Å²) in [6, 6.07) is 12.3. The maximum atomic E-state index is 5.85. The third-order valence-corrected chi connectivity index (χ3v) is 3.24. The van der Waals surface area contributed by atoms with Crippen LogP contribution in [0.1, 0.15) is 31.4 Å². The first-order chi connectivity index (χ1) is 10.2. The zero-order valence-corrected chi connectivity index (χ0v) is 12.7. The molecular weight excluding hydrogens is 262 g/mol. The van der Waals surface area contributed by atoms with Gasteiger partial charge in [-0.3, -0.25) is 0 Å². The maximum Gasteiger partial charge on any atom is 0.239 e. The highest BCUT2D eigenvalue weighted by Crippen LogP contribution is 2.21. The Morgan fingerprint density at radius 1 is 1.05 bits per heavy atom. The Balaban J connectivity index is 1.98. The molecule has 0 saturated heterocycles. The van der Waals surface area contributed by atoms with Crippen LogP contribution in [-0.4, -0.2) is 11.6 Å². The highest BCUT2D eigenvalue weighted by atomic mass is 16.5. The summed E-state index contributed by atoms with van der Waals surface area (Å²) in [5.74, 6) is 1.28. The molecule has 112 valence electrons. The number of ether oxygens (including phenoxy) is 1. The van der Waals surface area contributed by atoms with Crippen molar-refractivity contribution in [2.75, 3.05) is 17.7 Å². The molecule has 0 spiro atoms. The summed E-state index contributed by atoms with van der Waals surface area (Å²) in [5, 5.41) is 3.30. The van der Waals surface area contributed by atoms with Gasteiger partial charge in [0.1, 0.15) is 5.82 Å². The smallest absolute Gasteiger partial charge is 0.239 e. The number of aromatic nitrogens is 1. The molecule has 1 heterocycles. The minimum atomic E-state index is 0.503. The molecule has 0 radical (unpaired) electrons. The first-order valence-electron chi connectivity index (χ1n) is 7.44. The number of rotatable bonds is 7. The first kappa shape index (κ1) is 15.2. The largest absolute Gasteiger partial charge is 0.476 e. The van der Waals surface area contributed by atoms with E-state index >= 15 is 0 Å². The van der Waals surface area contributed by atoms with Gasteiger partial charge in [0.2, 0.25) is 5.88 Å². The van der Waals surface area contributed by atoms with E-state index in [1.807, 2.05) is 12.1 Å². The standard InChI is InChI=1S/C17H23N3O/c1-3-11-21-17-15(18)9-10-16(20-17)19-12-14-7-5-13(4-2)6-8-14/h5-10H,3-4,11-12,18H2,1-2H3,(H,19,20). The molecular formula is C17H23N3O. The molecule has 0 aliphatic carbocycles. The second-order valence-corrected chi connectivity index (χ2v) is 4.96. The number of hydrogen-bond acceptors (Lipinski definition) is 4. The van der Waals surface area contributed by atoms with E-state index in [1.165, 1.54) is 11.1 Å². The Hall–Kier alpha value is -2.23. The number of aryl methyl sites for hydroxylation is 1. The van der Waals surface area contributed by atoms with Gasteiger partial charge in [0.15, 0.2) is 0 Å². The van der Waals surface area contributed by atoms with Crippen LogP contribution in [-0.2, 0) is 13.0 Å². The third-order valence-electron chi connectivity index (χ3n) is 3.24. The van der Waals surface area contributed by atoms with E-state index in [2.05, 4.69) is 48.4 Å². The SMILES string of the molecule is CCCOc1nc(NCc2ccc(CC)cc2)ccc1N. The van der Waals surface area contributed by atoms with Gasteiger partial charge < -0.3 is 15.8 Å². The van der Waals surface area contributed by atoms with Gasteiger partial charge in [0.05, 0.1) is 12.3 Å². The molecule has 0 unspecified atom stereocenters. The van der Waals surface area contributed by atoms with E-state index in [9.17, 15) is 0 Å². The molecule has 0 bridgehead atoms. The van der Waals surface area contributed by atoms with Crippen LogP contribution < -0.4 is 15.8 Å². The summed E-state index contributed by atoms with van der Waals surface area (Å²) in [6.45, 7) is 5.56. The number of nitrogens with one attached hydrogen (secondary N) is 1. The van der Waals surface area contributed by atoms with Gasteiger partial charge in [0, 0.05) is 6.54 Å². The average Bonchev–Trinajstić information content (AvgIpc) is 2.53. The Kier molecular flexibility index (Phi) is 5.43. The average molecular weight is 285 g/mol. The molecule has 0 atom stereocenters. The Bertz CT molecular complexity index is 567. The maximum absolute atomic E-state index is 5.85. The van der Waals surface area contributed by atoms with E-state index in [0.717, 1.165) is 25.2 Å². The minimum Gasteiger partial charge on any atom is -0.476 e. The van der Waals surface area contributed by atoms with Crippen LogP contribution in [0.2, 0.25) is 0 Å². The lowest BCUT2D eigenvalue weighted by atomic mass is 10.1. The summed E-state index contributed by atoms with van der Waals surface area (Å²) in [7, 11) is 0. The fourth-order valence-corrected chi connectivity index (χ4v) is 1.95. The second-order valence-electron chi connectivity index (χ2n) is 4.96. The number of nitrogens with zero attached hydrogens (tertiary/aromatic N) is 1. The monoisotopic (exact) mass is 285 g/mol. The third kappa shape index (κ3) is 4.38. The van der Waals surface area contributed by atoms with Crippen molar-refractivity contribution in [1.82, 2.24) is 4.98 Å². The lowest BCUT2D eigenvalue weighted by Crippen LogP contribution is -2.05. The minimum absolute atomic E-state index is 0.503. The molecule has 4 heteroatoms. The van der Waals surface area contributed by atoms with Crippen molar-refractivity contribution in [2.24, 2.45) is 0 Å². The van der Waals surface area contributed by atoms with Crippen LogP contribution in [0.3, 0.4) is 0 Å². The molecule has 2 aromatic rings. The van der Waals surface area contributed by atoms with Gasteiger partial charge in [-0.05, 0) is 36.1 Å². The molecule has 0 saturated carbocycles. The Morgan fingerprint density at radius 3 is 2.43 bits per heavy atom. The van der Waals surface area contributed by atoms with Crippen molar-refractivity contribution in [3.8, 4) is 5.88 Å². The van der Waals surface area contributed by atoms with Gasteiger partial charge >= 0.3 is 0 Å². The molecule has 0 amide bonds. The van der Waals surface area contributed by atoms with Gasteiger partial charge in [-0.15, -0.1) is 0 Å². The Labute approximate surface area is 126 Å². The van der Waals surface area contributed by atoms with Crippen LogP contribution in [0.15, 0.2) is 36.4 Å². The predicted octanol–water partition coefficient (Wildman–Crippen LogP) is 3.63. The van der Waals surface area contributed by atoms with Crippen molar-refractivity contribution in [3.05, 3.63) is 47.5 Å². The number of hydrogen-bond donors (Lipinski definition) is 2. The van der Waals surface area contributed by atoms with Crippen LogP contribution in [0.5, 0.6) is 5.88 Å². The normalized spacial score (nSPS) is 10.4. The lowest BCUT2D eigenvalue weighted by Gasteiger charge is -2.10. The molecule has 1 aromatic carbocycles. The summed E-state index contributed by atoms with van der Waals surface area (Å²) in [6.07, 6.45) is 1.99. The van der Waals surface area contributed by atoms with Crippen molar-refractivity contribution < 1.29 is 4.74 Å². The summed E-state index contributed by atoms with van der Waals surface area (Å²) < 4.78 is 5.53. The van der Waals surface area contributed by atoms with Crippen molar-refractivity contribution in [1.29, 1.82) is 0 Å². The van der Waals surface area contributed by atoms with Crippen molar-refractivity contribution >= 4 is 11.5 Å². The highest BCUT2D eigenvalue weighted by molar-refractivity contribution is 5.53. The number of benzene rings is 1. The second kappa shape index (κ2) is 7.53. The topological polar surface area (TPSA) is 60.2 Å². The van der Waals surface area contributed by atoms with E-state index in [1.54, 1.807) is 0 Å². The summed E-state index contributed by atoms with van der Waals surface area (Å²) in [4.78, 5) is 4.40. The first-order valence-corrected chi connectivity index (χ1v) is 7.44. The Morgan fingerprint density at radius 2 is 1.76 bits per heavy atom. The molecule has 2 rings (SSSR count). The van der Waals surface area contributed by atoms with Gasteiger partial charge in [-0.2, -0.15) is 4.98 Å². The molecule has 0 aliphatic rings. The van der Waals surface area contributed by atoms with E-state index in [4.69, 9.17) is 10.5 Å². The fraction of sp³-hybridized carbons (Fsp3) is 0.353.